The van der Waals surface area contributed by atoms with E-state index in [0.29, 0.717) is 12.8 Å². The monoisotopic (exact) mass is 208 g/mol. The van der Waals surface area contributed by atoms with Gasteiger partial charge < -0.3 is 4.74 Å². The minimum atomic E-state index is -0.806. The zero-order chi connectivity index (χ0) is 10.7. The molecule has 1 fully saturated rings. The Bertz CT molecular complexity index is 331. The van der Waals surface area contributed by atoms with E-state index in [2.05, 4.69) is 0 Å². The van der Waals surface area contributed by atoms with Gasteiger partial charge in [-0.1, -0.05) is 30.3 Å². The number of carbonyl (C=O) groups excluding carboxylic acids is 1. The van der Waals surface area contributed by atoms with Crippen LogP contribution < -0.4 is 0 Å². The highest BCUT2D eigenvalue weighted by atomic mass is 19.1. The summed E-state index contributed by atoms with van der Waals surface area (Å²) in [6.45, 7) is 0.285. The molecule has 15 heavy (non-hydrogen) atoms. The average Bonchev–Trinajstić information content (AvgIpc) is 2.23. The number of alkyl halides is 1. The summed E-state index contributed by atoms with van der Waals surface area (Å²) >= 11 is 0. The van der Waals surface area contributed by atoms with Crippen molar-refractivity contribution >= 4 is 5.97 Å². The second kappa shape index (κ2) is 4.43. The van der Waals surface area contributed by atoms with Crippen LogP contribution in [0, 0.1) is 5.92 Å². The van der Waals surface area contributed by atoms with Gasteiger partial charge in [-0.25, -0.2) is 4.39 Å². The van der Waals surface area contributed by atoms with Crippen LogP contribution in [0.1, 0.15) is 18.4 Å². The summed E-state index contributed by atoms with van der Waals surface area (Å²) in [6.07, 6.45) is -0.152. The second-order valence-corrected chi connectivity index (χ2v) is 3.86. The Balaban J connectivity index is 1.76. The summed E-state index contributed by atoms with van der Waals surface area (Å²) in [5.74, 6) is -0.489. The van der Waals surface area contributed by atoms with Gasteiger partial charge in [0.05, 0.1) is 5.92 Å². The number of esters is 1. The Morgan fingerprint density at radius 2 is 2.00 bits per heavy atom. The quantitative estimate of drug-likeness (QED) is 0.713. The van der Waals surface area contributed by atoms with Gasteiger partial charge >= 0.3 is 5.97 Å². The number of hydrogen-bond donors (Lipinski definition) is 0. The molecule has 0 aliphatic heterocycles. The molecule has 0 atom stereocenters. The molecule has 1 saturated carbocycles. The van der Waals surface area contributed by atoms with E-state index < -0.39 is 6.17 Å². The van der Waals surface area contributed by atoms with Crippen molar-refractivity contribution in [1.29, 1.82) is 0 Å². The maximum Gasteiger partial charge on any atom is 0.309 e. The molecule has 1 aromatic rings. The Labute approximate surface area is 88.1 Å². The van der Waals surface area contributed by atoms with Gasteiger partial charge in [0.1, 0.15) is 12.8 Å². The van der Waals surface area contributed by atoms with E-state index in [1.165, 1.54) is 0 Å². The van der Waals surface area contributed by atoms with E-state index in [0.717, 1.165) is 5.56 Å². The topological polar surface area (TPSA) is 26.3 Å². The van der Waals surface area contributed by atoms with Crippen molar-refractivity contribution in [3.05, 3.63) is 35.9 Å². The SMILES string of the molecule is O=C(OCc1ccccc1)[C@H]1C[C@H](F)C1. The van der Waals surface area contributed by atoms with Crippen LogP contribution in [-0.2, 0) is 16.1 Å². The van der Waals surface area contributed by atoms with Gasteiger partial charge in [-0.2, -0.15) is 0 Å². The van der Waals surface area contributed by atoms with Crippen molar-refractivity contribution in [1.82, 2.24) is 0 Å². The van der Waals surface area contributed by atoms with Crippen LogP contribution in [0.15, 0.2) is 30.3 Å². The normalized spacial score (nSPS) is 24.3. The van der Waals surface area contributed by atoms with E-state index in [4.69, 9.17) is 4.74 Å². The molecule has 0 saturated heterocycles. The third-order valence-corrected chi connectivity index (χ3v) is 2.64. The molecule has 3 heteroatoms. The van der Waals surface area contributed by atoms with Crippen molar-refractivity contribution in [2.45, 2.75) is 25.6 Å². The Morgan fingerprint density at radius 3 is 2.60 bits per heavy atom. The standard InChI is InChI=1S/C12H13FO2/c13-11-6-10(7-11)12(14)15-8-9-4-2-1-3-5-9/h1-5,10-11H,6-8H2/t10-,11-. The molecule has 0 heterocycles. The lowest BCUT2D eigenvalue weighted by Crippen LogP contribution is -2.32. The van der Waals surface area contributed by atoms with Crippen molar-refractivity contribution < 1.29 is 13.9 Å². The minimum Gasteiger partial charge on any atom is -0.461 e. The molecule has 0 radical (unpaired) electrons. The molecule has 1 aromatic carbocycles. The summed E-state index contributed by atoms with van der Waals surface area (Å²) < 4.78 is 17.6. The van der Waals surface area contributed by atoms with E-state index >= 15 is 0 Å². The van der Waals surface area contributed by atoms with Crippen molar-refractivity contribution in [2.24, 2.45) is 5.92 Å². The van der Waals surface area contributed by atoms with Gasteiger partial charge in [0, 0.05) is 0 Å². The molecule has 0 N–H and O–H groups in total. The Kier molecular flexibility index (Phi) is 2.99. The minimum absolute atomic E-state index is 0.219. The third-order valence-electron chi connectivity index (χ3n) is 2.64. The smallest absolute Gasteiger partial charge is 0.309 e. The van der Waals surface area contributed by atoms with E-state index in [9.17, 15) is 9.18 Å². The largest absolute Gasteiger partial charge is 0.461 e. The summed E-state index contributed by atoms with van der Waals surface area (Å²) in [5.41, 5.74) is 0.960. The van der Waals surface area contributed by atoms with Gasteiger partial charge in [0.25, 0.3) is 0 Å². The molecule has 0 unspecified atom stereocenters. The van der Waals surface area contributed by atoms with Crippen LogP contribution in [0.25, 0.3) is 0 Å². The Morgan fingerprint density at radius 1 is 1.33 bits per heavy atom. The van der Waals surface area contributed by atoms with E-state index in [-0.39, 0.29) is 18.5 Å². The summed E-state index contributed by atoms with van der Waals surface area (Å²) in [4.78, 5) is 11.4. The molecular formula is C12H13FO2. The van der Waals surface area contributed by atoms with Crippen LogP contribution in [0.4, 0.5) is 4.39 Å². The lowest BCUT2D eigenvalue weighted by atomic mass is 9.84. The van der Waals surface area contributed by atoms with Crippen LogP contribution >= 0.6 is 0 Å². The zero-order valence-electron chi connectivity index (χ0n) is 8.36. The van der Waals surface area contributed by atoms with Crippen LogP contribution in [0.5, 0.6) is 0 Å². The number of benzene rings is 1. The fourth-order valence-corrected chi connectivity index (χ4v) is 1.59. The van der Waals surface area contributed by atoms with E-state index in [1.54, 1.807) is 0 Å². The van der Waals surface area contributed by atoms with Crippen LogP contribution in [0.3, 0.4) is 0 Å². The summed E-state index contributed by atoms with van der Waals surface area (Å²) in [6, 6.07) is 9.48. The molecule has 0 spiro atoms. The first-order chi connectivity index (χ1) is 7.25. The lowest BCUT2D eigenvalue weighted by Gasteiger charge is -2.27. The molecule has 0 amide bonds. The second-order valence-electron chi connectivity index (χ2n) is 3.86. The van der Waals surface area contributed by atoms with Gasteiger partial charge in [-0.15, -0.1) is 0 Å². The number of ether oxygens (including phenoxy) is 1. The maximum atomic E-state index is 12.5. The van der Waals surface area contributed by atoms with Crippen LogP contribution in [0.2, 0.25) is 0 Å². The fraction of sp³-hybridized carbons (Fsp3) is 0.417. The first-order valence-electron chi connectivity index (χ1n) is 5.10. The van der Waals surface area contributed by atoms with Gasteiger partial charge in [-0.3, -0.25) is 4.79 Å². The van der Waals surface area contributed by atoms with Gasteiger partial charge in [-0.05, 0) is 18.4 Å². The fourth-order valence-electron chi connectivity index (χ4n) is 1.59. The predicted octanol–water partition coefficient (Wildman–Crippen LogP) is 2.48. The van der Waals surface area contributed by atoms with Crippen molar-refractivity contribution in [3.8, 4) is 0 Å². The third kappa shape index (κ3) is 2.55. The highest BCUT2D eigenvalue weighted by Gasteiger charge is 2.35. The molecule has 80 valence electrons. The van der Waals surface area contributed by atoms with Crippen LogP contribution in [-0.4, -0.2) is 12.1 Å². The molecular weight excluding hydrogens is 195 g/mol. The Hall–Kier alpha value is -1.38. The molecule has 1 aliphatic carbocycles. The molecule has 2 nitrogen and oxygen atoms in total. The summed E-state index contributed by atoms with van der Waals surface area (Å²) in [7, 11) is 0. The average molecular weight is 208 g/mol. The molecule has 2 rings (SSSR count). The van der Waals surface area contributed by atoms with Crippen molar-refractivity contribution in [2.75, 3.05) is 0 Å². The number of hydrogen-bond acceptors (Lipinski definition) is 2. The zero-order valence-corrected chi connectivity index (χ0v) is 8.36. The molecule has 0 bridgehead atoms. The lowest BCUT2D eigenvalue weighted by molar-refractivity contribution is -0.155. The molecule has 1 aliphatic rings. The highest BCUT2D eigenvalue weighted by Crippen LogP contribution is 2.31. The number of halogens is 1. The summed E-state index contributed by atoms with van der Waals surface area (Å²) in [5, 5.41) is 0. The van der Waals surface area contributed by atoms with Gasteiger partial charge in [0.15, 0.2) is 0 Å². The number of rotatable bonds is 3. The highest BCUT2D eigenvalue weighted by molar-refractivity contribution is 5.73. The van der Waals surface area contributed by atoms with Gasteiger partial charge in [0.2, 0.25) is 0 Å². The first-order valence-corrected chi connectivity index (χ1v) is 5.10. The van der Waals surface area contributed by atoms with E-state index in [1.807, 2.05) is 30.3 Å². The van der Waals surface area contributed by atoms with Crippen molar-refractivity contribution in [3.63, 3.8) is 0 Å². The predicted molar refractivity (Wildman–Crippen MR) is 53.9 cm³/mol. The maximum absolute atomic E-state index is 12.5. The number of carbonyl (C=O) groups is 1. The molecule has 0 aromatic heterocycles. The first kappa shape index (κ1) is 10.1.